The molecule has 0 heterocycles. The summed E-state index contributed by atoms with van der Waals surface area (Å²) in [6, 6.07) is 8.40. The van der Waals surface area contributed by atoms with Crippen molar-refractivity contribution < 1.29 is 18.3 Å². The van der Waals surface area contributed by atoms with Crippen LogP contribution in [-0.2, 0) is 16.7 Å². The average Bonchev–Trinajstić information content (AvgIpc) is 3.45. The summed E-state index contributed by atoms with van der Waals surface area (Å²) in [6.07, 6.45) is -0.664. The second-order valence-corrected chi connectivity index (χ2v) is 10.5. The number of aromatic hydroxyl groups is 1. The van der Waals surface area contributed by atoms with E-state index >= 15 is 0 Å². The van der Waals surface area contributed by atoms with Crippen LogP contribution in [-0.4, -0.2) is 5.11 Å². The van der Waals surface area contributed by atoms with Crippen molar-refractivity contribution in [3.05, 3.63) is 58.1 Å². The summed E-state index contributed by atoms with van der Waals surface area (Å²) >= 11 is 0. The first kappa shape index (κ1) is 22.2. The first-order valence-electron chi connectivity index (χ1n) is 10.3. The first-order valence-corrected chi connectivity index (χ1v) is 11.3. The molecule has 2 aromatic rings. The van der Waals surface area contributed by atoms with Gasteiger partial charge in [-0.25, -0.2) is 0 Å². The van der Waals surface area contributed by atoms with Crippen LogP contribution in [0.25, 0.3) is 0 Å². The van der Waals surface area contributed by atoms with Crippen molar-refractivity contribution in [2.24, 2.45) is 0 Å². The third-order valence-corrected chi connectivity index (χ3v) is 8.72. The van der Waals surface area contributed by atoms with Crippen LogP contribution in [0.1, 0.15) is 74.3 Å². The highest BCUT2D eigenvalue weighted by molar-refractivity contribution is 7.48. The predicted octanol–water partition coefficient (Wildman–Crippen LogP) is 7.10. The first-order chi connectivity index (χ1) is 13.5. The summed E-state index contributed by atoms with van der Waals surface area (Å²) in [4.78, 5) is 0. The summed E-state index contributed by atoms with van der Waals surface area (Å²) in [6.45, 7) is 9.87. The van der Waals surface area contributed by atoms with Crippen molar-refractivity contribution in [3.63, 3.8) is 0 Å². The number of hydrogen-bond donors (Lipinski definition) is 1. The molecule has 5 heteroatoms. The molecule has 1 aliphatic carbocycles. The molecule has 1 saturated carbocycles. The van der Waals surface area contributed by atoms with E-state index in [1.165, 1.54) is 12.1 Å². The topological polar surface area (TPSA) is 20.2 Å². The fourth-order valence-corrected chi connectivity index (χ4v) is 5.95. The molecule has 0 saturated heterocycles. The van der Waals surface area contributed by atoms with Crippen LogP contribution in [0.5, 0.6) is 5.75 Å². The Kier molecular flexibility index (Phi) is 5.82. The second-order valence-electron chi connectivity index (χ2n) is 8.65. The molecule has 0 aromatic heterocycles. The van der Waals surface area contributed by atoms with E-state index in [-0.39, 0.29) is 19.7 Å². The van der Waals surface area contributed by atoms with Crippen molar-refractivity contribution in [3.8, 4) is 5.75 Å². The van der Waals surface area contributed by atoms with E-state index in [2.05, 4.69) is 13.0 Å². The normalized spacial score (nSPS) is 18.2. The van der Waals surface area contributed by atoms with Gasteiger partial charge in [-0.1, -0.05) is 59.2 Å². The number of alkyl halides is 3. The van der Waals surface area contributed by atoms with Crippen LogP contribution < -0.4 is 5.30 Å². The van der Waals surface area contributed by atoms with Gasteiger partial charge < -0.3 is 5.11 Å². The van der Waals surface area contributed by atoms with E-state index in [4.69, 9.17) is 0 Å². The molecule has 1 fully saturated rings. The number of hydrogen-bond acceptors (Lipinski definition) is 1. The van der Waals surface area contributed by atoms with Crippen LogP contribution in [0.4, 0.5) is 13.2 Å². The average molecular weight is 422 g/mol. The van der Waals surface area contributed by atoms with E-state index in [1.54, 1.807) is 13.0 Å². The van der Waals surface area contributed by atoms with Gasteiger partial charge in [0.25, 0.3) is 0 Å². The van der Waals surface area contributed by atoms with Gasteiger partial charge in [-0.15, -0.1) is 0 Å². The van der Waals surface area contributed by atoms with Crippen LogP contribution >= 0.6 is 8.58 Å². The molecule has 2 aromatic carbocycles. The molecule has 0 aliphatic heterocycles. The molecule has 0 amide bonds. The minimum absolute atomic E-state index is 0.0302. The molecule has 0 bridgehead atoms. The minimum atomic E-state index is -4.39. The number of halogens is 3. The van der Waals surface area contributed by atoms with Crippen molar-refractivity contribution >= 4 is 13.9 Å². The maximum absolute atomic E-state index is 13.7. The van der Waals surface area contributed by atoms with E-state index < -0.39 is 16.9 Å². The molecule has 2 atom stereocenters. The molecule has 3 rings (SSSR count). The van der Waals surface area contributed by atoms with Crippen molar-refractivity contribution in [1.82, 2.24) is 0 Å². The Labute approximate surface area is 173 Å². The van der Waals surface area contributed by atoms with Gasteiger partial charge in [0.2, 0.25) is 0 Å². The summed E-state index contributed by atoms with van der Waals surface area (Å²) in [5.41, 5.74) is 2.93. The van der Waals surface area contributed by atoms with Crippen molar-refractivity contribution in [1.29, 1.82) is 0 Å². The van der Waals surface area contributed by atoms with Gasteiger partial charge in [0.05, 0.1) is 5.56 Å². The fraction of sp³-hybridized carbons (Fsp3) is 0.500. The summed E-state index contributed by atoms with van der Waals surface area (Å²) < 4.78 is 41.0. The zero-order valence-electron chi connectivity index (χ0n) is 17.8. The predicted molar refractivity (Wildman–Crippen MR) is 116 cm³/mol. The van der Waals surface area contributed by atoms with Gasteiger partial charge >= 0.3 is 6.18 Å². The molecule has 158 valence electrons. The Bertz CT molecular complexity index is 915. The van der Waals surface area contributed by atoms with Crippen molar-refractivity contribution in [2.75, 3.05) is 0 Å². The maximum atomic E-state index is 13.7. The molecule has 1 nitrogen and oxygen atoms in total. The Morgan fingerprint density at radius 3 is 2.24 bits per heavy atom. The second kappa shape index (κ2) is 7.61. The maximum Gasteiger partial charge on any atom is 0.417 e. The standard InChI is InChI=1S/C24H30F3OP/c1-6-22(5,29-21-16(4)9-8-10-17(21)24(25,26)27)18-13-15(3)14-19(20(18)28)23(7-2)11-12-23/h8-10,13-14,28-29H,6-7,11-12H2,1-5H3. The van der Waals surface area contributed by atoms with Crippen LogP contribution in [0.2, 0.25) is 0 Å². The number of phenolic OH excluding ortho intramolecular Hbond substituents is 1. The SMILES string of the molecule is CCC1(c2cc(C)cc(C(C)(CC)Pc3c(C)cccc3C(F)(F)F)c2O)CC1. The quantitative estimate of drug-likeness (QED) is 0.492. The number of benzene rings is 2. The fourth-order valence-electron chi connectivity index (χ4n) is 4.26. The van der Waals surface area contributed by atoms with E-state index in [0.717, 1.165) is 36.0 Å². The highest BCUT2D eigenvalue weighted by Gasteiger charge is 2.46. The Hall–Kier alpha value is -1.54. The van der Waals surface area contributed by atoms with E-state index in [9.17, 15) is 18.3 Å². The van der Waals surface area contributed by atoms with Crippen LogP contribution in [0.15, 0.2) is 30.3 Å². The number of phenols is 1. The molecule has 29 heavy (non-hydrogen) atoms. The highest BCUT2D eigenvalue weighted by atomic mass is 31.1. The van der Waals surface area contributed by atoms with Gasteiger partial charge in [-0.2, -0.15) is 13.2 Å². The summed E-state index contributed by atoms with van der Waals surface area (Å²) in [5, 5.41) is 11.0. The summed E-state index contributed by atoms with van der Waals surface area (Å²) in [5.74, 6) is 0.286. The molecule has 2 unspecified atom stereocenters. The Morgan fingerprint density at radius 2 is 1.72 bits per heavy atom. The zero-order valence-corrected chi connectivity index (χ0v) is 18.8. The Morgan fingerprint density at radius 1 is 1.07 bits per heavy atom. The zero-order chi connectivity index (χ0) is 21.6. The number of aryl methyl sites for hydroxylation is 2. The molecule has 1 aliphatic rings. The lowest BCUT2D eigenvalue weighted by atomic mass is 9.85. The third-order valence-electron chi connectivity index (χ3n) is 6.64. The van der Waals surface area contributed by atoms with E-state index in [1.807, 2.05) is 26.8 Å². The molecule has 0 radical (unpaired) electrons. The van der Waals surface area contributed by atoms with Gasteiger partial charge in [-0.3, -0.25) is 0 Å². The lowest BCUT2D eigenvalue weighted by Crippen LogP contribution is -2.25. The van der Waals surface area contributed by atoms with Crippen LogP contribution in [0.3, 0.4) is 0 Å². The molecule has 1 N–H and O–H groups in total. The number of rotatable bonds is 6. The summed E-state index contributed by atoms with van der Waals surface area (Å²) in [7, 11) is -0.0892. The lowest BCUT2D eigenvalue weighted by molar-refractivity contribution is -0.136. The van der Waals surface area contributed by atoms with Gasteiger partial charge in [0.1, 0.15) is 5.75 Å². The smallest absolute Gasteiger partial charge is 0.417 e. The molecule has 0 spiro atoms. The largest absolute Gasteiger partial charge is 0.507 e. The van der Waals surface area contributed by atoms with Gasteiger partial charge in [0.15, 0.2) is 0 Å². The van der Waals surface area contributed by atoms with E-state index in [0.29, 0.717) is 17.3 Å². The highest BCUT2D eigenvalue weighted by Crippen LogP contribution is 2.57. The third kappa shape index (κ3) is 4.06. The van der Waals surface area contributed by atoms with Gasteiger partial charge in [-0.05, 0) is 61.9 Å². The monoisotopic (exact) mass is 422 g/mol. The van der Waals surface area contributed by atoms with Crippen LogP contribution in [0, 0.1) is 13.8 Å². The lowest BCUT2D eigenvalue weighted by Gasteiger charge is -2.33. The molecular weight excluding hydrogens is 392 g/mol. The Balaban J connectivity index is 2.14. The van der Waals surface area contributed by atoms with Gasteiger partial charge in [0, 0.05) is 16.3 Å². The van der Waals surface area contributed by atoms with Crippen molar-refractivity contribution in [2.45, 2.75) is 77.0 Å². The molecular formula is C24H30F3OP. The minimum Gasteiger partial charge on any atom is -0.507 e.